The number of hydrogen-bond donors (Lipinski definition) is 2. The van der Waals surface area contributed by atoms with Crippen molar-refractivity contribution in [2.75, 3.05) is 25.6 Å². The summed E-state index contributed by atoms with van der Waals surface area (Å²) in [6.07, 6.45) is 0. The average molecular weight is 465 g/mol. The summed E-state index contributed by atoms with van der Waals surface area (Å²) in [7, 11) is 1.45. The second kappa shape index (κ2) is 10.7. The number of nitrogens with zero attached hydrogens (tertiary/aromatic N) is 2. The molecule has 0 atom stereocenters. The SMILES string of the molecule is COc1ccccc1C(=O)NCC(=O)OCC(=O)Nc1cc(C(C)(C)C)nn1-c1ccccc1. The lowest BCUT2D eigenvalue weighted by Gasteiger charge is -2.14. The molecule has 0 fully saturated rings. The van der Waals surface area contributed by atoms with E-state index in [1.165, 1.54) is 7.11 Å². The van der Waals surface area contributed by atoms with E-state index in [2.05, 4.69) is 15.7 Å². The van der Waals surface area contributed by atoms with Crippen LogP contribution in [0.3, 0.4) is 0 Å². The van der Waals surface area contributed by atoms with Gasteiger partial charge in [-0.15, -0.1) is 0 Å². The van der Waals surface area contributed by atoms with Crippen LogP contribution in [0, 0.1) is 0 Å². The summed E-state index contributed by atoms with van der Waals surface area (Å²) >= 11 is 0. The fraction of sp³-hybridized carbons (Fsp3) is 0.280. The molecule has 9 nitrogen and oxygen atoms in total. The molecule has 34 heavy (non-hydrogen) atoms. The first-order valence-corrected chi connectivity index (χ1v) is 10.7. The molecule has 9 heteroatoms. The fourth-order valence-corrected chi connectivity index (χ4v) is 3.06. The van der Waals surface area contributed by atoms with E-state index in [1.807, 2.05) is 51.1 Å². The van der Waals surface area contributed by atoms with Gasteiger partial charge >= 0.3 is 5.97 Å². The van der Waals surface area contributed by atoms with Crippen molar-refractivity contribution in [1.29, 1.82) is 0 Å². The van der Waals surface area contributed by atoms with Crippen LogP contribution in [-0.4, -0.2) is 47.8 Å². The van der Waals surface area contributed by atoms with Gasteiger partial charge in [-0.3, -0.25) is 14.4 Å². The number of anilines is 1. The van der Waals surface area contributed by atoms with Gasteiger partial charge < -0.3 is 20.1 Å². The quantitative estimate of drug-likeness (QED) is 0.496. The van der Waals surface area contributed by atoms with Crippen molar-refractivity contribution in [3.63, 3.8) is 0 Å². The van der Waals surface area contributed by atoms with Crippen molar-refractivity contribution in [1.82, 2.24) is 15.1 Å². The summed E-state index contributed by atoms with van der Waals surface area (Å²) in [5.74, 6) is -0.910. The number of hydrogen-bond acceptors (Lipinski definition) is 6. The smallest absolute Gasteiger partial charge is 0.325 e. The third kappa shape index (κ3) is 6.22. The first-order valence-electron chi connectivity index (χ1n) is 10.7. The Morgan fingerprint density at radius 1 is 1.00 bits per heavy atom. The monoisotopic (exact) mass is 464 g/mol. The van der Waals surface area contributed by atoms with Crippen molar-refractivity contribution in [2.24, 2.45) is 0 Å². The third-order valence-electron chi connectivity index (χ3n) is 4.86. The Kier molecular flexibility index (Phi) is 7.68. The highest BCUT2D eigenvalue weighted by molar-refractivity contribution is 5.98. The molecule has 178 valence electrons. The fourth-order valence-electron chi connectivity index (χ4n) is 3.06. The van der Waals surface area contributed by atoms with E-state index in [0.717, 1.165) is 11.4 Å². The number of carbonyl (C=O) groups is 3. The van der Waals surface area contributed by atoms with Crippen LogP contribution in [0.5, 0.6) is 5.75 Å². The molecule has 0 saturated carbocycles. The first-order chi connectivity index (χ1) is 16.2. The predicted molar refractivity (Wildman–Crippen MR) is 127 cm³/mol. The zero-order chi connectivity index (χ0) is 24.7. The van der Waals surface area contributed by atoms with Crippen molar-refractivity contribution in [3.05, 3.63) is 71.9 Å². The summed E-state index contributed by atoms with van der Waals surface area (Å²) in [5.41, 5.74) is 1.64. The Labute approximate surface area is 198 Å². The van der Waals surface area contributed by atoms with Gasteiger partial charge in [-0.1, -0.05) is 51.1 Å². The lowest BCUT2D eigenvalue weighted by Crippen LogP contribution is -2.32. The van der Waals surface area contributed by atoms with E-state index in [0.29, 0.717) is 17.1 Å². The molecule has 0 spiro atoms. The molecule has 2 amide bonds. The van der Waals surface area contributed by atoms with Gasteiger partial charge in [-0.05, 0) is 24.3 Å². The van der Waals surface area contributed by atoms with Crippen molar-refractivity contribution in [3.8, 4) is 11.4 Å². The molecule has 0 bridgehead atoms. The summed E-state index contributed by atoms with van der Waals surface area (Å²) < 4.78 is 11.8. The number of rotatable bonds is 8. The first kappa shape index (κ1) is 24.5. The molecular formula is C25H28N4O5. The maximum Gasteiger partial charge on any atom is 0.325 e. The molecule has 3 rings (SSSR count). The third-order valence-corrected chi connectivity index (χ3v) is 4.86. The topological polar surface area (TPSA) is 112 Å². The highest BCUT2D eigenvalue weighted by Crippen LogP contribution is 2.26. The molecule has 0 saturated heterocycles. The van der Waals surface area contributed by atoms with Crippen LogP contribution < -0.4 is 15.4 Å². The van der Waals surface area contributed by atoms with E-state index < -0.39 is 24.4 Å². The molecule has 0 aliphatic rings. The minimum Gasteiger partial charge on any atom is -0.496 e. The second-order valence-corrected chi connectivity index (χ2v) is 8.50. The molecule has 1 aromatic heterocycles. The maximum atomic E-state index is 12.5. The van der Waals surface area contributed by atoms with E-state index in [9.17, 15) is 14.4 Å². The Morgan fingerprint density at radius 2 is 1.68 bits per heavy atom. The van der Waals surface area contributed by atoms with Crippen molar-refractivity contribution in [2.45, 2.75) is 26.2 Å². The number of ether oxygens (including phenoxy) is 2. The number of benzene rings is 2. The Balaban J connectivity index is 1.58. The molecule has 1 heterocycles. The standard InChI is InChI=1S/C25H28N4O5/c1-25(2,3)20-14-21(29(28-20)17-10-6-5-7-11-17)27-22(30)16-34-23(31)15-26-24(32)18-12-8-9-13-19(18)33-4/h5-14H,15-16H2,1-4H3,(H,26,32)(H,27,30). The number of aromatic nitrogens is 2. The largest absolute Gasteiger partial charge is 0.496 e. The lowest BCUT2D eigenvalue weighted by atomic mass is 9.92. The van der Waals surface area contributed by atoms with Gasteiger partial charge in [-0.2, -0.15) is 5.10 Å². The van der Waals surface area contributed by atoms with Crippen LogP contribution in [0.2, 0.25) is 0 Å². The van der Waals surface area contributed by atoms with Crippen LogP contribution in [0.15, 0.2) is 60.7 Å². The van der Waals surface area contributed by atoms with Gasteiger partial charge in [0.1, 0.15) is 18.1 Å². The number of methoxy groups -OCH3 is 1. The molecule has 0 aliphatic carbocycles. The van der Waals surface area contributed by atoms with E-state index in [4.69, 9.17) is 9.47 Å². The van der Waals surface area contributed by atoms with E-state index in [-0.39, 0.29) is 12.0 Å². The number of carbonyl (C=O) groups excluding carboxylic acids is 3. The molecule has 0 unspecified atom stereocenters. The van der Waals surface area contributed by atoms with Gasteiger partial charge in [-0.25, -0.2) is 4.68 Å². The van der Waals surface area contributed by atoms with Crippen LogP contribution in [-0.2, 0) is 19.7 Å². The van der Waals surface area contributed by atoms with Crippen LogP contribution >= 0.6 is 0 Å². The zero-order valence-electron chi connectivity index (χ0n) is 19.6. The number of para-hydroxylation sites is 2. The van der Waals surface area contributed by atoms with Crippen LogP contribution in [0.4, 0.5) is 5.82 Å². The second-order valence-electron chi connectivity index (χ2n) is 8.50. The number of esters is 1. The molecule has 2 aromatic carbocycles. The molecular weight excluding hydrogens is 436 g/mol. The zero-order valence-corrected chi connectivity index (χ0v) is 19.6. The van der Waals surface area contributed by atoms with Crippen LogP contribution in [0.1, 0.15) is 36.8 Å². The van der Waals surface area contributed by atoms with E-state index >= 15 is 0 Å². The molecule has 0 radical (unpaired) electrons. The number of amides is 2. The van der Waals surface area contributed by atoms with Crippen LogP contribution in [0.25, 0.3) is 5.69 Å². The van der Waals surface area contributed by atoms with E-state index in [1.54, 1.807) is 35.0 Å². The normalized spacial score (nSPS) is 10.9. The maximum absolute atomic E-state index is 12.5. The van der Waals surface area contributed by atoms with Gasteiger partial charge in [0.05, 0.1) is 24.1 Å². The average Bonchev–Trinajstić information content (AvgIpc) is 3.26. The highest BCUT2D eigenvalue weighted by atomic mass is 16.5. The summed E-state index contributed by atoms with van der Waals surface area (Å²) in [6.45, 7) is 5.18. The van der Waals surface area contributed by atoms with Gasteiger partial charge in [0.15, 0.2) is 6.61 Å². The Hall–Kier alpha value is -4.14. The van der Waals surface area contributed by atoms with Gasteiger partial charge in [0.2, 0.25) is 0 Å². The minimum atomic E-state index is -0.745. The lowest BCUT2D eigenvalue weighted by molar-refractivity contribution is -0.146. The van der Waals surface area contributed by atoms with Crippen molar-refractivity contribution >= 4 is 23.6 Å². The molecule has 2 N–H and O–H groups in total. The highest BCUT2D eigenvalue weighted by Gasteiger charge is 2.22. The number of nitrogens with one attached hydrogen (secondary N) is 2. The summed E-state index contributed by atoms with van der Waals surface area (Å²) in [6, 6.07) is 17.8. The van der Waals surface area contributed by atoms with Crippen molar-refractivity contribution < 1.29 is 23.9 Å². The Morgan fingerprint density at radius 3 is 2.35 bits per heavy atom. The summed E-state index contributed by atoms with van der Waals surface area (Å²) in [5, 5.41) is 9.83. The summed E-state index contributed by atoms with van der Waals surface area (Å²) in [4.78, 5) is 36.8. The van der Waals surface area contributed by atoms with Gasteiger partial charge in [0, 0.05) is 11.5 Å². The molecule has 3 aromatic rings. The van der Waals surface area contributed by atoms with Gasteiger partial charge in [0.25, 0.3) is 11.8 Å². The predicted octanol–water partition coefficient (Wildman–Crippen LogP) is 3.09. The molecule has 0 aliphatic heterocycles. The minimum absolute atomic E-state index is 0.231. The Bertz CT molecular complexity index is 1170.